The average Bonchev–Trinajstić information content (AvgIpc) is 2.97. The third kappa shape index (κ3) is 4.52. The molecule has 1 aromatic rings. The van der Waals surface area contributed by atoms with Crippen LogP contribution in [-0.2, 0) is 9.59 Å². The number of likely N-dealkylation sites (tertiary alicyclic amines) is 1. The lowest BCUT2D eigenvalue weighted by Gasteiger charge is -2.15. The molecular weight excluding hydrogens is 322 g/mol. The van der Waals surface area contributed by atoms with Crippen LogP contribution >= 0.6 is 15.9 Å². The maximum atomic E-state index is 11.8. The van der Waals surface area contributed by atoms with Crippen LogP contribution in [0.4, 0.5) is 5.69 Å². The predicted molar refractivity (Wildman–Crippen MR) is 81.5 cm³/mol. The van der Waals surface area contributed by atoms with E-state index in [4.69, 9.17) is 0 Å². The quantitative estimate of drug-likeness (QED) is 0.856. The molecule has 0 aromatic heterocycles. The van der Waals surface area contributed by atoms with Gasteiger partial charge in [-0.25, -0.2) is 0 Å². The first-order valence-corrected chi connectivity index (χ1v) is 7.48. The largest absolute Gasteiger partial charge is 0.376 e. The van der Waals surface area contributed by atoms with Crippen molar-refractivity contribution in [1.29, 1.82) is 0 Å². The molecule has 0 radical (unpaired) electrons. The molecule has 1 aliphatic heterocycles. The van der Waals surface area contributed by atoms with Crippen molar-refractivity contribution >= 4 is 33.4 Å². The first-order valence-electron chi connectivity index (χ1n) is 6.69. The number of nitrogens with zero attached hydrogens (tertiary/aromatic N) is 1. The van der Waals surface area contributed by atoms with E-state index in [1.807, 2.05) is 24.3 Å². The highest BCUT2D eigenvalue weighted by molar-refractivity contribution is 9.10. The van der Waals surface area contributed by atoms with Crippen molar-refractivity contribution in [1.82, 2.24) is 10.2 Å². The molecule has 2 rings (SSSR count). The van der Waals surface area contributed by atoms with Crippen LogP contribution in [0.15, 0.2) is 28.7 Å². The summed E-state index contributed by atoms with van der Waals surface area (Å²) in [4.78, 5) is 25.2. The molecule has 1 heterocycles. The molecule has 1 saturated heterocycles. The highest BCUT2D eigenvalue weighted by atomic mass is 79.9. The maximum Gasteiger partial charge on any atom is 0.241 e. The van der Waals surface area contributed by atoms with Gasteiger partial charge in [-0.05, 0) is 31.0 Å². The van der Waals surface area contributed by atoms with Gasteiger partial charge in [0.05, 0.1) is 13.1 Å². The van der Waals surface area contributed by atoms with Gasteiger partial charge < -0.3 is 15.5 Å². The first kappa shape index (κ1) is 14.8. The number of benzene rings is 1. The standard InChI is InChI=1S/C14H18BrN3O2/c15-11-4-3-5-12(8-11)16-9-13(19)17-10-14(20)18-6-1-2-7-18/h3-5,8,16H,1-2,6-7,9-10H2,(H,17,19). The minimum Gasteiger partial charge on any atom is -0.376 e. The van der Waals surface area contributed by atoms with E-state index in [1.165, 1.54) is 0 Å². The first-order chi connectivity index (χ1) is 9.65. The Balaban J connectivity index is 1.69. The lowest BCUT2D eigenvalue weighted by atomic mass is 10.3. The van der Waals surface area contributed by atoms with Crippen LogP contribution in [0, 0.1) is 0 Å². The number of amides is 2. The van der Waals surface area contributed by atoms with Gasteiger partial charge in [0.2, 0.25) is 11.8 Å². The second-order valence-electron chi connectivity index (χ2n) is 4.73. The van der Waals surface area contributed by atoms with E-state index in [9.17, 15) is 9.59 Å². The summed E-state index contributed by atoms with van der Waals surface area (Å²) in [5.41, 5.74) is 0.861. The fourth-order valence-corrected chi connectivity index (χ4v) is 2.50. The Morgan fingerprint density at radius 1 is 1.20 bits per heavy atom. The summed E-state index contributed by atoms with van der Waals surface area (Å²) in [6.07, 6.45) is 2.12. The Bertz CT molecular complexity index is 487. The summed E-state index contributed by atoms with van der Waals surface area (Å²) in [6, 6.07) is 7.58. The van der Waals surface area contributed by atoms with E-state index in [1.54, 1.807) is 4.90 Å². The van der Waals surface area contributed by atoms with Gasteiger partial charge in [0.1, 0.15) is 0 Å². The number of hydrogen-bond donors (Lipinski definition) is 2. The predicted octanol–water partition coefficient (Wildman–Crippen LogP) is 1.60. The monoisotopic (exact) mass is 339 g/mol. The Morgan fingerprint density at radius 3 is 2.65 bits per heavy atom. The van der Waals surface area contributed by atoms with Crippen molar-refractivity contribution in [2.75, 3.05) is 31.5 Å². The number of nitrogens with one attached hydrogen (secondary N) is 2. The topological polar surface area (TPSA) is 61.4 Å². The number of carbonyl (C=O) groups excluding carboxylic acids is 2. The zero-order chi connectivity index (χ0) is 14.4. The molecule has 20 heavy (non-hydrogen) atoms. The summed E-state index contributed by atoms with van der Waals surface area (Å²) in [7, 11) is 0. The third-order valence-electron chi connectivity index (χ3n) is 3.17. The molecule has 5 nitrogen and oxygen atoms in total. The molecule has 1 aliphatic rings. The van der Waals surface area contributed by atoms with Gasteiger partial charge >= 0.3 is 0 Å². The molecule has 0 atom stereocenters. The van der Waals surface area contributed by atoms with Crippen molar-refractivity contribution < 1.29 is 9.59 Å². The minimum absolute atomic E-state index is 0.00157. The number of halogens is 1. The summed E-state index contributed by atoms with van der Waals surface area (Å²) in [5.74, 6) is -0.184. The fourth-order valence-electron chi connectivity index (χ4n) is 2.10. The highest BCUT2D eigenvalue weighted by Gasteiger charge is 2.17. The third-order valence-corrected chi connectivity index (χ3v) is 3.67. The van der Waals surface area contributed by atoms with E-state index in [0.717, 1.165) is 36.1 Å². The van der Waals surface area contributed by atoms with Crippen LogP contribution < -0.4 is 10.6 Å². The van der Waals surface area contributed by atoms with E-state index in [-0.39, 0.29) is 24.9 Å². The molecule has 108 valence electrons. The van der Waals surface area contributed by atoms with Gasteiger partial charge in [-0.2, -0.15) is 0 Å². The molecule has 0 saturated carbocycles. The average molecular weight is 340 g/mol. The van der Waals surface area contributed by atoms with Crippen molar-refractivity contribution in [3.8, 4) is 0 Å². The number of anilines is 1. The maximum absolute atomic E-state index is 11.8. The Morgan fingerprint density at radius 2 is 1.95 bits per heavy atom. The molecule has 1 fully saturated rings. The van der Waals surface area contributed by atoms with Crippen LogP contribution in [0.2, 0.25) is 0 Å². The van der Waals surface area contributed by atoms with Crippen molar-refractivity contribution in [2.45, 2.75) is 12.8 Å². The molecular formula is C14H18BrN3O2. The lowest BCUT2D eigenvalue weighted by Crippen LogP contribution is -2.40. The fraction of sp³-hybridized carbons (Fsp3) is 0.429. The summed E-state index contributed by atoms with van der Waals surface area (Å²) >= 11 is 3.37. The zero-order valence-electron chi connectivity index (χ0n) is 11.2. The normalized spacial score (nSPS) is 14.2. The van der Waals surface area contributed by atoms with E-state index >= 15 is 0 Å². The summed E-state index contributed by atoms with van der Waals surface area (Å²) in [5, 5.41) is 5.65. The van der Waals surface area contributed by atoms with Gasteiger partial charge in [-0.1, -0.05) is 22.0 Å². The molecule has 0 bridgehead atoms. The Labute approximate surface area is 126 Å². The van der Waals surface area contributed by atoms with Crippen LogP contribution in [-0.4, -0.2) is 42.9 Å². The van der Waals surface area contributed by atoms with Gasteiger partial charge in [-0.3, -0.25) is 9.59 Å². The summed E-state index contributed by atoms with van der Waals surface area (Å²) in [6.45, 7) is 1.86. The van der Waals surface area contributed by atoms with Crippen LogP contribution in [0.1, 0.15) is 12.8 Å². The zero-order valence-corrected chi connectivity index (χ0v) is 12.8. The van der Waals surface area contributed by atoms with Gasteiger partial charge in [0.25, 0.3) is 0 Å². The minimum atomic E-state index is -0.183. The molecule has 6 heteroatoms. The molecule has 2 N–H and O–H groups in total. The van der Waals surface area contributed by atoms with E-state index < -0.39 is 0 Å². The highest BCUT2D eigenvalue weighted by Crippen LogP contribution is 2.15. The van der Waals surface area contributed by atoms with Crippen LogP contribution in [0.5, 0.6) is 0 Å². The Kier molecular flexibility index (Phi) is 5.40. The molecule has 1 aromatic carbocycles. The van der Waals surface area contributed by atoms with Crippen molar-refractivity contribution in [3.63, 3.8) is 0 Å². The number of hydrogen-bond acceptors (Lipinski definition) is 3. The van der Waals surface area contributed by atoms with Gasteiger partial charge in [-0.15, -0.1) is 0 Å². The van der Waals surface area contributed by atoms with Crippen LogP contribution in [0.3, 0.4) is 0 Å². The molecule has 0 spiro atoms. The molecule has 2 amide bonds. The number of carbonyl (C=O) groups is 2. The molecule has 0 aliphatic carbocycles. The second-order valence-corrected chi connectivity index (χ2v) is 5.64. The van der Waals surface area contributed by atoms with Crippen molar-refractivity contribution in [2.24, 2.45) is 0 Å². The van der Waals surface area contributed by atoms with Gasteiger partial charge in [0, 0.05) is 23.2 Å². The van der Waals surface area contributed by atoms with Crippen LogP contribution in [0.25, 0.3) is 0 Å². The SMILES string of the molecule is O=C(CNc1cccc(Br)c1)NCC(=O)N1CCCC1. The van der Waals surface area contributed by atoms with Gasteiger partial charge in [0.15, 0.2) is 0 Å². The number of rotatable bonds is 5. The Hall–Kier alpha value is -1.56. The summed E-state index contributed by atoms with van der Waals surface area (Å²) < 4.78 is 0.951. The smallest absolute Gasteiger partial charge is 0.241 e. The van der Waals surface area contributed by atoms with E-state index in [0.29, 0.717) is 0 Å². The lowest BCUT2D eigenvalue weighted by molar-refractivity contribution is -0.131. The molecule has 0 unspecified atom stereocenters. The van der Waals surface area contributed by atoms with Crippen molar-refractivity contribution in [3.05, 3.63) is 28.7 Å². The second kappa shape index (κ2) is 7.28. The van der Waals surface area contributed by atoms with E-state index in [2.05, 4.69) is 26.6 Å².